The Morgan fingerprint density at radius 3 is 2.68 bits per heavy atom. The molecule has 5 rings (SSSR count). The normalized spacial score (nSPS) is 22.5. The van der Waals surface area contributed by atoms with Crippen molar-refractivity contribution in [3.63, 3.8) is 0 Å². The maximum Gasteiger partial charge on any atom is 0.224 e. The van der Waals surface area contributed by atoms with Crippen molar-refractivity contribution in [1.82, 2.24) is 19.9 Å². The Morgan fingerprint density at radius 2 is 1.86 bits per heavy atom. The van der Waals surface area contributed by atoms with E-state index in [-0.39, 0.29) is 0 Å². The van der Waals surface area contributed by atoms with Crippen LogP contribution in [0.15, 0.2) is 18.3 Å². The molecular formula is C20H27N7O. The first-order valence-corrected chi connectivity index (χ1v) is 10.3. The van der Waals surface area contributed by atoms with Gasteiger partial charge in [0.25, 0.3) is 0 Å². The average molecular weight is 381 g/mol. The molecule has 2 saturated heterocycles. The van der Waals surface area contributed by atoms with Crippen LogP contribution in [0.2, 0.25) is 0 Å². The van der Waals surface area contributed by atoms with Crippen LogP contribution >= 0.6 is 0 Å². The van der Waals surface area contributed by atoms with Crippen LogP contribution in [0.25, 0.3) is 0 Å². The smallest absolute Gasteiger partial charge is 0.224 e. The van der Waals surface area contributed by atoms with Gasteiger partial charge in [-0.1, -0.05) is 0 Å². The summed E-state index contributed by atoms with van der Waals surface area (Å²) in [5, 5.41) is 3.52. The zero-order valence-electron chi connectivity index (χ0n) is 16.3. The number of nitrogens with zero attached hydrogens (tertiary/aromatic N) is 6. The first-order chi connectivity index (χ1) is 13.7. The predicted molar refractivity (Wildman–Crippen MR) is 108 cm³/mol. The molecule has 148 valence electrons. The minimum absolute atomic E-state index is 0.319. The van der Waals surface area contributed by atoms with E-state index < -0.39 is 0 Å². The molecule has 28 heavy (non-hydrogen) atoms. The molecule has 0 bridgehead atoms. The highest BCUT2D eigenvalue weighted by Crippen LogP contribution is 2.38. The van der Waals surface area contributed by atoms with Crippen LogP contribution in [-0.4, -0.2) is 65.4 Å². The van der Waals surface area contributed by atoms with Gasteiger partial charge in [0.1, 0.15) is 17.5 Å². The molecule has 0 spiro atoms. The second-order valence-electron chi connectivity index (χ2n) is 7.91. The summed E-state index contributed by atoms with van der Waals surface area (Å²) >= 11 is 0. The van der Waals surface area contributed by atoms with Gasteiger partial charge in [-0.25, -0.2) is 15.0 Å². The van der Waals surface area contributed by atoms with Crippen molar-refractivity contribution in [2.75, 3.05) is 54.5 Å². The molecule has 4 heterocycles. The zero-order chi connectivity index (χ0) is 18.9. The Morgan fingerprint density at radius 1 is 1.00 bits per heavy atom. The fourth-order valence-corrected chi connectivity index (χ4v) is 3.92. The van der Waals surface area contributed by atoms with Gasteiger partial charge in [0, 0.05) is 56.1 Å². The molecule has 2 aliphatic heterocycles. The molecule has 2 aromatic rings. The van der Waals surface area contributed by atoms with Gasteiger partial charge in [-0.2, -0.15) is 4.98 Å². The molecule has 3 aliphatic rings. The van der Waals surface area contributed by atoms with Crippen LogP contribution in [-0.2, 0) is 4.74 Å². The van der Waals surface area contributed by atoms with Crippen molar-refractivity contribution in [2.45, 2.75) is 38.1 Å². The summed E-state index contributed by atoms with van der Waals surface area (Å²) < 4.78 is 5.43. The number of hydrogen-bond acceptors (Lipinski definition) is 8. The van der Waals surface area contributed by atoms with Crippen molar-refractivity contribution >= 4 is 17.6 Å². The quantitative estimate of drug-likeness (QED) is 0.842. The monoisotopic (exact) mass is 381 g/mol. The number of anilines is 3. The average Bonchev–Trinajstić information content (AvgIpc) is 3.48. The maximum atomic E-state index is 5.43. The minimum atomic E-state index is 0.319. The second kappa shape index (κ2) is 7.50. The Kier molecular flexibility index (Phi) is 4.72. The summed E-state index contributed by atoms with van der Waals surface area (Å²) in [7, 11) is 0. The predicted octanol–water partition coefficient (Wildman–Crippen LogP) is 1.98. The Hall–Kier alpha value is -2.48. The molecule has 1 atom stereocenters. The van der Waals surface area contributed by atoms with E-state index in [9.17, 15) is 0 Å². The Labute approximate surface area is 165 Å². The summed E-state index contributed by atoms with van der Waals surface area (Å²) in [6, 6.07) is 4.39. The summed E-state index contributed by atoms with van der Waals surface area (Å²) in [6.45, 7) is 7.23. The third-order valence-corrected chi connectivity index (χ3v) is 5.62. The molecule has 8 nitrogen and oxygen atoms in total. The molecule has 1 saturated carbocycles. The van der Waals surface area contributed by atoms with Crippen LogP contribution in [0, 0.1) is 6.92 Å². The molecule has 1 unspecified atom stereocenters. The fourth-order valence-electron chi connectivity index (χ4n) is 3.92. The molecular weight excluding hydrogens is 354 g/mol. The fraction of sp³-hybridized carbons (Fsp3) is 0.600. The first-order valence-electron chi connectivity index (χ1n) is 10.3. The van der Waals surface area contributed by atoms with Gasteiger partial charge in [-0.3, -0.25) is 0 Å². The van der Waals surface area contributed by atoms with E-state index in [0.717, 1.165) is 69.0 Å². The van der Waals surface area contributed by atoms with Crippen LogP contribution in [0.5, 0.6) is 0 Å². The Balaban J connectivity index is 1.24. The number of aromatic nitrogens is 4. The van der Waals surface area contributed by atoms with Crippen LogP contribution in [0.3, 0.4) is 0 Å². The molecule has 0 radical (unpaired) electrons. The highest BCUT2D eigenvalue weighted by Gasteiger charge is 2.29. The highest BCUT2D eigenvalue weighted by atomic mass is 16.5. The summed E-state index contributed by atoms with van der Waals surface area (Å²) in [6.07, 6.45) is 5.34. The van der Waals surface area contributed by atoms with Gasteiger partial charge < -0.3 is 19.9 Å². The highest BCUT2D eigenvalue weighted by molar-refractivity contribution is 5.46. The van der Waals surface area contributed by atoms with Crippen molar-refractivity contribution in [3.05, 3.63) is 29.8 Å². The Bertz CT molecular complexity index is 835. The standard InChI is InChI=1S/C20H27N7O/c1-14-12-18(24-19(22-14)15-2-3-15)27-7-5-16(13-27)23-20-21-6-4-17(25-20)26-8-10-28-11-9-26/h4,6,12,15-16H,2-3,5,7-11,13H2,1H3,(H,21,23,25). The SMILES string of the molecule is Cc1cc(N2CCC(Nc3nccc(N4CCOCC4)n3)C2)nc(C2CC2)n1. The molecule has 1 aliphatic carbocycles. The summed E-state index contributed by atoms with van der Waals surface area (Å²) in [5.41, 5.74) is 1.06. The lowest BCUT2D eigenvalue weighted by atomic mass is 10.3. The molecule has 1 N–H and O–H groups in total. The number of rotatable bonds is 5. The van der Waals surface area contributed by atoms with Crippen molar-refractivity contribution < 1.29 is 4.74 Å². The van der Waals surface area contributed by atoms with Gasteiger partial charge in [0.05, 0.1) is 13.2 Å². The molecule has 2 aromatic heterocycles. The molecule has 3 fully saturated rings. The second-order valence-corrected chi connectivity index (χ2v) is 7.91. The zero-order valence-corrected chi connectivity index (χ0v) is 16.3. The van der Waals surface area contributed by atoms with Gasteiger partial charge in [-0.05, 0) is 32.3 Å². The van der Waals surface area contributed by atoms with E-state index in [2.05, 4.69) is 38.1 Å². The van der Waals surface area contributed by atoms with Crippen LogP contribution in [0.4, 0.5) is 17.6 Å². The van der Waals surface area contributed by atoms with E-state index >= 15 is 0 Å². The van der Waals surface area contributed by atoms with Gasteiger partial charge in [0.15, 0.2) is 0 Å². The third kappa shape index (κ3) is 3.87. The number of ether oxygens (including phenoxy) is 1. The van der Waals surface area contributed by atoms with E-state index in [1.807, 2.05) is 12.3 Å². The summed E-state index contributed by atoms with van der Waals surface area (Å²) in [4.78, 5) is 23.2. The number of morpholine rings is 1. The number of nitrogens with one attached hydrogen (secondary N) is 1. The maximum absolute atomic E-state index is 5.43. The third-order valence-electron chi connectivity index (χ3n) is 5.62. The van der Waals surface area contributed by atoms with Crippen molar-refractivity contribution in [2.24, 2.45) is 0 Å². The van der Waals surface area contributed by atoms with Crippen LogP contribution < -0.4 is 15.1 Å². The molecule has 0 amide bonds. The lowest BCUT2D eigenvalue weighted by Crippen LogP contribution is -2.37. The van der Waals surface area contributed by atoms with Crippen LogP contribution in [0.1, 0.15) is 36.7 Å². The van der Waals surface area contributed by atoms with Gasteiger partial charge in [0.2, 0.25) is 5.95 Å². The number of aryl methyl sites for hydroxylation is 1. The van der Waals surface area contributed by atoms with E-state index in [0.29, 0.717) is 17.9 Å². The van der Waals surface area contributed by atoms with Gasteiger partial charge in [-0.15, -0.1) is 0 Å². The van der Waals surface area contributed by atoms with E-state index in [1.54, 1.807) is 0 Å². The minimum Gasteiger partial charge on any atom is -0.378 e. The lowest BCUT2D eigenvalue weighted by Gasteiger charge is -2.28. The van der Waals surface area contributed by atoms with E-state index in [4.69, 9.17) is 14.7 Å². The topological polar surface area (TPSA) is 79.3 Å². The summed E-state index contributed by atoms with van der Waals surface area (Å²) in [5.74, 6) is 4.32. The van der Waals surface area contributed by atoms with Gasteiger partial charge >= 0.3 is 0 Å². The first kappa shape index (κ1) is 17.6. The number of hydrogen-bond donors (Lipinski definition) is 1. The van der Waals surface area contributed by atoms with Crippen molar-refractivity contribution in [3.8, 4) is 0 Å². The molecule has 8 heteroatoms. The molecule has 0 aromatic carbocycles. The van der Waals surface area contributed by atoms with E-state index in [1.165, 1.54) is 12.8 Å². The largest absolute Gasteiger partial charge is 0.378 e. The van der Waals surface area contributed by atoms with Crippen molar-refractivity contribution in [1.29, 1.82) is 0 Å². The lowest BCUT2D eigenvalue weighted by molar-refractivity contribution is 0.122.